The fourth-order valence-corrected chi connectivity index (χ4v) is 3.88. The summed E-state index contributed by atoms with van der Waals surface area (Å²) in [6.45, 7) is 2.77. The summed E-state index contributed by atoms with van der Waals surface area (Å²) in [6.07, 6.45) is 7.13. The van der Waals surface area contributed by atoms with E-state index in [1.165, 1.54) is 4.88 Å². The first-order valence-corrected chi connectivity index (χ1v) is 9.98. The lowest BCUT2D eigenvalue weighted by molar-refractivity contribution is 0.693. The fraction of sp³-hybridized carbons (Fsp3) is 0.0952. The van der Waals surface area contributed by atoms with Gasteiger partial charge in [-0.15, -0.1) is 21.5 Å². The van der Waals surface area contributed by atoms with E-state index in [-0.39, 0.29) is 0 Å². The van der Waals surface area contributed by atoms with Crippen LogP contribution in [0.25, 0.3) is 28.2 Å². The van der Waals surface area contributed by atoms with E-state index in [0.29, 0.717) is 0 Å². The van der Waals surface area contributed by atoms with Gasteiger partial charge >= 0.3 is 0 Å². The molecule has 4 aromatic heterocycles. The number of pyridine rings is 1. The van der Waals surface area contributed by atoms with Gasteiger partial charge < -0.3 is 0 Å². The molecule has 0 bridgehead atoms. The smallest absolute Gasteiger partial charge is 0.139 e. The Labute approximate surface area is 171 Å². The predicted molar refractivity (Wildman–Crippen MR) is 112 cm³/mol. The van der Waals surface area contributed by atoms with Crippen LogP contribution in [0.15, 0.2) is 73.0 Å². The zero-order chi connectivity index (χ0) is 19.6. The van der Waals surface area contributed by atoms with Crippen molar-refractivity contribution in [3.05, 3.63) is 83.6 Å². The van der Waals surface area contributed by atoms with Gasteiger partial charge in [0.05, 0.1) is 23.4 Å². The van der Waals surface area contributed by atoms with Gasteiger partial charge in [-0.3, -0.25) is 9.25 Å². The van der Waals surface area contributed by atoms with Crippen molar-refractivity contribution >= 4 is 11.3 Å². The van der Waals surface area contributed by atoms with Gasteiger partial charge in [0.15, 0.2) is 0 Å². The zero-order valence-corrected chi connectivity index (χ0v) is 16.5. The number of thiazole rings is 1. The Morgan fingerprint density at radius 2 is 1.79 bits per heavy atom. The number of rotatable bonds is 5. The Bertz CT molecular complexity index is 1240. The monoisotopic (exact) mass is 399 g/mol. The third-order valence-corrected chi connectivity index (χ3v) is 5.63. The maximum atomic E-state index is 4.74. The number of benzene rings is 1. The van der Waals surface area contributed by atoms with Crippen LogP contribution < -0.4 is 0 Å². The van der Waals surface area contributed by atoms with E-state index < -0.39 is 0 Å². The topological polar surface area (TPSA) is 74.3 Å². The van der Waals surface area contributed by atoms with Crippen molar-refractivity contribution in [3.63, 3.8) is 0 Å². The molecule has 0 spiro atoms. The number of nitrogens with zero attached hydrogens (tertiary/aromatic N) is 7. The lowest BCUT2D eigenvalue weighted by Gasteiger charge is -2.06. The number of hydrogen-bond donors (Lipinski definition) is 0. The predicted octanol–water partition coefficient (Wildman–Crippen LogP) is 4.01. The third-order valence-electron chi connectivity index (χ3n) is 4.71. The summed E-state index contributed by atoms with van der Waals surface area (Å²) >= 11 is 1.66. The largest absolute Gasteiger partial charge is 0.272 e. The van der Waals surface area contributed by atoms with Crippen LogP contribution in [0.3, 0.4) is 0 Å². The minimum atomic E-state index is 0.741. The molecule has 142 valence electrons. The highest BCUT2D eigenvalue weighted by Crippen LogP contribution is 2.26. The van der Waals surface area contributed by atoms with Crippen LogP contribution in [0.5, 0.6) is 0 Å². The molecule has 0 aliphatic heterocycles. The molecule has 7 nitrogen and oxygen atoms in total. The molecule has 0 aliphatic rings. The first kappa shape index (κ1) is 17.4. The van der Waals surface area contributed by atoms with Crippen molar-refractivity contribution in [2.75, 3.05) is 0 Å². The summed E-state index contributed by atoms with van der Waals surface area (Å²) in [5, 5.41) is 12.4. The summed E-state index contributed by atoms with van der Waals surface area (Å²) in [7, 11) is 0. The Morgan fingerprint density at radius 3 is 2.55 bits per heavy atom. The van der Waals surface area contributed by atoms with Crippen LogP contribution in [0.2, 0.25) is 0 Å². The Kier molecular flexibility index (Phi) is 4.45. The van der Waals surface area contributed by atoms with Crippen LogP contribution in [0.4, 0.5) is 0 Å². The molecular formula is C21H17N7S. The molecule has 0 unspecified atom stereocenters. The molecule has 0 atom stereocenters. The first-order valence-electron chi connectivity index (χ1n) is 9.10. The normalized spacial score (nSPS) is 11.1. The molecule has 0 radical (unpaired) electrons. The average molecular weight is 399 g/mol. The van der Waals surface area contributed by atoms with Crippen molar-refractivity contribution in [1.29, 1.82) is 0 Å². The third kappa shape index (κ3) is 3.57. The van der Waals surface area contributed by atoms with Gasteiger partial charge in [0.25, 0.3) is 0 Å². The highest BCUT2D eigenvalue weighted by atomic mass is 32.1. The molecule has 5 rings (SSSR count). The van der Waals surface area contributed by atoms with Gasteiger partial charge in [0.2, 0.25) is 0 Å². The molecule has 29 heavy (non-hydrogen) atoms. The van der Waals surface area contributed by atoms with Crippen molar-refractivity contribution in [2.45, 2.75) is 13.5 Å². The number of hydrogen-bond acceptors (Lipinski definition) is 6. The maximum Gasteiger partial charge on any atom is 0.139 e. The molecule has 0 aliphatic carbocycles. The van der Waals surface area contributed by atoms with E-state index in [0.717, 1.165) is 40.4 Å². The minimum Gasteiger partial charge on any atom is -0.272 e. The summed E-state index contributed by atoms with van der Waals surface area (Å²) in [4.78, 5) is 10.1. The molecule has 0 amide bonds. The summed E-state index contributed by atoms with van der Waals surface area (Å²) < 4.78 is 3.73. The summed E-state index contributed by atoms with van der Waals surface area (Å²) in [5.41, 5.74) is 7.10. The molecule has 0 saturated heterocycles. The van der Waals surface area contributed by atoms with E-state index in [1.54, 1.807) is 28.6 Å². The fourth-order valence-electron chi connectivity index (χ4n) is 3.12. The van der Waals surface area contributed by atoms with Crippen molar-refractivity contribution < 1.29 is 0 Å². The molecule has 1 aromatic carbocycles. The van der Waals surface area contributed by atoms with Crippen molar-refractivity contribution in [3.8, 4) is 28.2 Å². The van der Waals surface area contributed by atoms with Crippen LogP contribution in [-0.4, -0.2) is 34.5 Å². The van der Waals surface area contributed by atoms with Crippen molar-refractivity contribution in [1.82, 2.24) is 34.5 Å². The molecule has 8 heteroatoms. The molecule has 0 saturated carbocycles. The zero-order valence-electron chi connectivity index (χ0n) is 15.7. The summed E-state index contributed by atoms with van der Waals surface area (Å²) in [5.74, 6) is 0.784. The molecule has 0 fully saturated rings. The highest BCUT2D eigenvalue weighted by molar-refractivity contribution is 7.09. The number of aromatic nitrogens is 7. The van der Waals surface area contributed by atoms with E-state index in [4.69, 9.17) is 5.10 Å². The lowest BCUT2D eigenvalue weighted by atomic mass is 10.0. The quantitative estimate of drug-likeness (QED) is 0.446. The standard InChI is InChI=1S/C21H17N7S/c1-15-20(29-14-23-15)11-28-8-7-19(26-28)17-4-2-3-16(9-17)18-5-6-21(22-10-18)27-12-24-25-13-27/h2-10,12-14H,11H2,1H3. The molecule has 0 N–H and O–H groups in total. The molecule has 4 heterocycles. The second kappa shape index (κ2) is 7.40. The second-order valence-electron chi connectivity index (χ2n) is 6.61. The maximum absolute atomic E-state index is 4.74. The van der Waals surface area contributed by atoms with Gasteiger partial charge in [0, 0.05) is 28.4 Å². The first-order chi connectivity index (χ1) is 14.3. The SMILES string of the molecule is Cc1ncsc1Cn1ccc(-c2cccc(-c3ccc(-n4cnnc4)nc3)c2)n1. The Hall–Kier alpha value is -3.65. The van der Waals surface area contributed by atoms with E-state index in [2.05, 4.69) is 38.4 Å². The van der Waals surface area contributed by atoms with Crippen LogP contribution in [0, 0.1) is 6.92 Å². The van der Waals surface area contributed by atoms with Gasteiger partial charge in [-0.25, -0.2) is 9.97 Å². The Morgan fingerprint density at radius 1 is 0.931 bits per heavy atom. The minimum absolute atomic E-state index is 0.741. The Balaban J connectivity index is 1.39. The van der Waals surface area contributed by atoms with Crippen LogP contribution in [0.1, 0.15) is 10.6 Å². The van der Waals surface area contributed by atoms with Crippen LogP contribution in [-0.2, 0) is 6.54 Å². The highest BCUT2D eigenvalue weighted by Gasteiger charge is 2.08. The van der Waals surface area contributed by atoms with E-state index in [9.17, 15) is 0 Å². The van der Waals surface area contributed by atoms with Crippen molar-refractivity contribution in [2.24, 2.45) is 0 Å². The van der Waals surface area contributed by atoms with E-state index in [1.807, 2.05) is 53.8 Å². The van der Waals surface area contributed by atoms with E-state index >= 15 is 0 Å². The summed E-state index contributed by atoms with van der Waals surface area (Å²) in [6, 6.07) is 14.4. The van der Waals surface area contributed by atoms with Gasteiger partial charge in [-0.1, -0.05) is 18.2 Å². The van der Waals surface area contributed by atoms with Crippen LogP contribution >= 0.6 is 11.3 Å². The lowest BCUT2D eigenvalue weighted by Crippen LogP contribution is -2.00. The molecular weight excluding hydrogens is 382 g/mol. The van der Waals surface area contributed by atoms with Gasteiger partial charge in [-0.2, -0.15) is 5.10 Å². The average Bonchev–Trinajstić information content (AvgIpc) is 3.52. The second-order valence-corrected chi connectivity index (χ2v) is 7.55. The number of aryl methyl sites for hydroxylation is 1. The van der Waals surface area contributed by atoms with Gasteiger partial charge in [-0.05, 0) is 36.8 Å². The van der Waals surface area contributed by atoms with Gasteiger partial charge in [0.1, 0.15) is 18.5 Å². The molecule has 5 aromatic rings.